The van der Waals surface area contributed by atoms with Crippen molar-refractivity contribution in [3.05, 3.63) is 62.8 Å². The van der Waals surface area contributed by atoms with Crippen LogP contribution in [0.2, 0.25) is 5.02 Å². The van der Waals surface area contributed by atoms with Crippen LogP contribution in [-0.2, 0) is 0 Å². The lowest BCUT2D eigenvalue weighted by Crippen LogP contribution is -2.18. The van der Waals surface area contributed by atoms with E-state index >= 15 is 0 Å². The van der Waals surface area contributed by atoms with Crippen molar-refractivity contribution >= 4 is 27.5 Å². The summed E-state index contributed by atoms with van der Waals surface area (Å²) in [6, 6.07) is 10.3. The summed E-state index contributed by atoms with van der Waals surface area (Å²) < 4.78 is 19.2. The Morgan fingerprint density at radius 3 is 2.60 bits per heavy atom. The molecule has 0 aromatic heterocycles. The van der Waals surface area contributed by atoms with Crippen molar-refractivity contribution in [3.63, 3.8) is 0 Å². The molecule has 2 nitrogen and oxygen atoms in total. The molecule has 2 aromatic carbocycles. The van der Waals surface area contributed by atoms with E-state index in [0.29, 0.717) is 15.2 Å². The Morgan fingerprint density at radius 2 is 2.00 bits per heavy atom. The Hall–Kier alpha value is -1.10. The van der Waals surface area contributed by atoms with Gasteiger partial charge in [-0.05, 0) is 52.8 Å². The predicted molar refractivity (Wildman–Crippen MR) is 83.0 cm³/mol. The molecule has 20 heavy (non-hydrogen) atoms. The molecule has 1 atom stereocenters. The minimum atomic E-state index is -0.285. The molecule has 0 aliphatic heterocycles. The van der Waals surface area contributed by atoms with Crippen molar-refractivity contribution in [2.45, 2.75) is 6.04 Å². The largest absolute Gasteiger partial charge is 0.496 e. The molecule has 1 unspecified atom stereocenters. The second kappa shape index (κ2) is 6.57. The number of ether oxygens (including phenoxy) is 1. The van der Waals surface area contributed by atoms with E-state index < -0.39 is 0 Å². The van der Waals surface area contributed by atoms with Gasteiger partial charge < -0.3 is 10.1 Å². The molecule has 106 valence electrons. The molecule has 0 heterocycles. The molecule has 0 saturated carbocycles. The highest BCUT2D eigenvalue weighted by Crippen LogP contribution is 2.33. The van der Waals surface area contributed by atoms with Crippen LogP contribution in [0.25, 0.3) is 0 Å². The van der Waals surface area contributed by atoms with Crippen molar-refractivity contribution in [2.75, 3.05) is 14.2 Å². The fraction of sp³-hybridized carbons (Fsp3) is 0.200. The third-order valence-electron chi connectivity index (χ3n) is 3.07. The van der Waals surface area contributed by atoms with Gasteiger partial charge in [-0.1, -0.05) is 23.7 Å². The van der Waals surface area contributed by atoms with Crippen LogP contribution in [0.3, 0.4) is 0 Å². The lowest BCUT2D eigenvalue weighted by atomic mass is 9.98. The normalized spacial score (nSPS) is 12.2. The van der Waals surface area contributed by atoms with Crippen molar-refractivity contribution < 1.29 is 9.13 Å². The highest BCUT2D eigenvalue weighted by atomic mass is 79.9. The zero-order valence-corrected chi connectivity index (χ0v) is 13.4. The smallest absolute Gasteiger partial charge is 0.137 e. The SMILES string of the molecule is CNC(c1ccc(F)c(Br)c1)c1ccc(Cl)cc1OC. The number of halogens is 3. The summed E-state index contributed by atoms with van der Waals surface area (Å²) in [5.41, 5.74) is 1.87. The Labute approximate surface area is 131 Å². The highest BCUT2D eigenvalue weighted by molar-refractivity contribution is 9.10. The molecular weight excluding hydrogens is 345 g/mol. The van der Waals surface area contributed by atoms with Gasteiger partial charge in [0.2, 0.25) is 0 Å². The van der Waals surface area contributed by atoms with Gasteiger partial charge >= 0.3 is 0 Å². The van der Waals surface area contributed by atoms with Gasteiger partial charge in [-0.3, -0.25) is 0 Å². The van der Waals surface area contributed by atoms with Crippen LogP contribution in [0.5, 0.6) is 5.75 Å². The Balaban J connectivity index is 2.49. The van der Waals surface area contributed by atoms with Crippen molar-refractivity contribution in [3.8, 4) is 5.75 Å². The Bertz CT molecular complexity index is 621. The van der Waals surface area contributed by atoms with Crippen molar-refractivity contribution in [1.29, 1.82) is 0 Å². The lowest BCUT2D eigenvalue weighted by molar-refractivity contribution is 0.405. The standard InChI is InChI=1S/C15H14BrClFNO/c1-19-15(9-3-6-13(18)12(16)7-9)11-5-4-10(17)8-14(11)20-2/h3-8,15,19H,1-2H3. The summed E-state index contributed by atoms with van der Waals surface area (Å²) in [7, 11) is 3.44. The number of rotatable bonds is 4. The van der Waals surface area contributed by atoms with E-state index in [1.807, 2.05) is 19.2 Å². The van der Waals surface area contributed by atoms with Gasteiger partial charge in [0.25, 0.3) is 0 Å². The first kappa shape index (κ1) is 15.3. The van der Waals surface area contributed by atoms with Gasteiger partial charge in [0, 0.05) is 10.6 Å². The van der Waals surface area contributed by atoms with Gasteiger partial charge in [-0.25, -0.2) is 4.39 Å². The minimum absolute atomic E-state index is 0.112. The molecule has 1 N–H and O–H groups in total. The number of methoxy groups -OCH3 is 1. The molecular formula is C15H14BrClFNO. The summed E-state index contributed by atoms with van der Waals surface area (Å²) in [6.45, 7) is 0. The van der Waals surface area contributed by atoms with Gasteiger partial charge in [0.1, 0.15) is 11.6 Å². The Morgan fingerprint density at radius 1 is 1.25 bits per heavy atom. The summed E-state index contributed by atoms with van der Waals surface area (Å²) in [5.74, 6) is 0.406. The summed E-state index contributed by atoms with van der Waals surface area (Å²) in [4.78, 5) is 0. The minimum Gasteiger partial charge on any atom is -0.496 e. The zero-order chi connectivity index (χ0) is 14.7. The summed E-state index contributed by atoms with van der Waals surface area (Å²) in [5, 5.41) is 3.82. The van der Waals surface area contributed by atoms with E-state index in [2.05, 4.69) is 21.2 Å². The second-order valence-electron chi connectivity index (χ2n) is 4.28. The highest BCUT2D eigenvalue weighted by Gasteiger charge is 2.17. The quantitative estimate of drug-likeness (QED) is 0.865. The Kier molecular flexibility index (Phi) is 5.02. The first-order valence-electron chi connectivity index (χ1n) is 6.02. The van der Waals surface area contributed by atoms with Crippen LogP contribution in [0, 0.1) is 5.82 Å². The topological polar surface area (TPSA) is 21.3 Å². The van der Waals surface area contributed by atoms with E-state index in [1.54, 1.807) is 25.3 Å². The number of hydrogen-bond donors (Lipinski definition) is 1. The average molecular weight is 359 g/mol. The first-order valence-corrected chi connectivity index (χ1v) is 7.19. The molecule has 2 rings (SSSR count). The number of nitrogens with one attached hydrogen (secondary N) is 1. The average Bonchev–Trinajstić information content (AvgIpc) is 2.44. The fourth-order valence-corrected chi connectivity index (χ4v) is 2.68. The molecule has 0 bridgehead atoms. The maximum absolute atomic E-state index is 13.4. The molecule has 0 aliphatic rings. The van der Waals surface area contributed by atoms with Crippen LogP contribution in [-0.4, -0.2) is 14.2 Å². The molecule has 0 fully saturated rings. The van der Waals surface area contributed by atoms with Crippen LogP contribution >= 0.6 is 27.5 Å². The lowest BCUT2D eigenvalue weighted by Gasteiger charge is -2.20. The van der Waals surface area contributed by atoms with Crippen molar-refractivity contribution in [1.82, 2.24) is 5.32 Å². The van der Waals surface area contributed by atoms with Gasteiger partial charge in [0.15, 0.2) is 0 Å². The van der Waals surface area contributed by atoms with E-state index in [4.69, 9.17) is 16.3 Å². The van der Waals surface area contributed by atoms with E-state index in [-0.39, 0.29) is 11.9 Å². The van der Waals surface area contributed by atoms with Gasteiger partial charge in [-0.15, -0.1) is 0 Å². The maximum Gasteiger partial charge on any atom is 0.137 e. The van der Waals surface area contributed by atoms with Gasteiger partial charge in [0.05, 0.1) is 17.6 Å². The molecule has 0 spiro atoms. The maximum atomic E-state index is 13.4. The fourth-order valence-electron chi connectivity index (χ4n) is 2.12. The summed E-state index contributed by atoms with van der Waals surface area (Å²) in [6.07, 6.45) is 0. The van der Waals surface area contributed by atoms with Gasteiger partial charge in [-0.2, -0.15) is 0 Å². The van der Waals surface area contributed by atoms with Crippen LogP contribution < -0.4 is 10.1 Å². The number of benzene rings is 2. The van der Waals surface area contributed by atoms with Crippen LogP contribution in [0.4, 0.5) is 4.39 Å². The number of hydrogen-bond acceptors (Lipinski definition) is 2. The molecule has 0 saturated heterocycles. The second-order valence-corrected chi connectivity index (χ2v) is 5.57. The zero-order valence-electron chi connectivity index (χ0n) is 11.1. The third-order valence-corrected chi connectivity index (χ3v) is 3.91. The molecule has 0 aliphatic carbocycles. The molecule has 2 aromatic rings. The van der Waals surface area contributed by atoms with Crippen LogP contribution in [0.15, 0.2) is 40.9 Å². The third kappa shape index (κ3) is 3.14. The van der Waals surface area contributed by atoms with E-state index in [9.17, 15) is 4.39 Å². The summed E-state index contributed by atoms with van der Waals surface area (Å²) >= 11 is 9.19. The first-order chi connectivity index (χ1) is 9.56. The van der Waals surface area contributed by atoms with Crippen LogP contribution in [0.1, 0.15) is 17.2 Å². The molecule has 0 radical (unpaired) electrons. The van der Waals surface area contributed by atoms with E-state index in [1.165, 1.54) is 6.07 Å². The van der Waals surface area contributed by atoms with E-state index in [0.717, 1.165) is 11.1 Å². The predicted octanol–water partition coefficient (Wildman–Crippen LogP) is 4.56. The molecule has 5 heteroatoms. The van der Waals surface area contributed by atoms with Crippen molar-refractivity contribution in [2.24, 2.45) is 0 Å². The monoisotopic (exact) mass is 357 g/mol. The molecule has 0 amide bonds.